The van der Waals surface area contributed by atoms with Crippen LogP contribution in [-0.4, -0.2) is 44.0 Å². The molecule has 0 saturated carbocycles. The van der Waals surface area contributed by atoms with Crippen LogP contribution in [0.1, 0.15) is 36.9 Å². The van der Waals surface area contributed by atoms with Crippen LogP contribution in [0.3, 0.4) is 0 Å². The minimum Gasteiger partial charge on any atom is -0.493 e. The quantitative estimate of drug-likeness (QED) is 0.742. The minimum atomic E-state index is -0.571. The average Bonchev–Trinajstić information content (AvgIpc) is 2.79. The summed E-state index contributed by atoms with van der Waals surface area (Å²) in [7, 11) is 3.14. The third-order valence-corrected chi connectivity index (χ3v) is 5.72. The van der Waals surface area contributed by atoms with Gasteiger partial charge in [-0.2, -0.15) is 0 Å². The number of rotatable bonds is 6. The molecule has 1 aliphatic rings. The van der Waals surface area contributed by atoms with Gasteiger partial charge < -0.3 is 19.7 Å². The van der Waals surface area contributed by atoms with Gasteiger partial charge in [-0.05, 0) is 55.4 Å². The molecule has 1 N–H and O–H groups in total. The topological polar surface area (TPSA) is 67.9 Å². The number of nitrogens with zero attached hydrogens (tertiary/aromatic N) is 1. The molecule has 1 fully saturated rings. The number of hydrogen-bond donors (Lipinski definition) is 1. The van der Waals surface area contributed by atoms with Crippen molar-refractivity contribution in [2.45, 2.75) is 32.2 Å². The molecule has 0 spiro atoms. The number of carbonyl (C=O) groups excluding carboxylic acids is 2. The number of piperidine rings is 1. The molecule has 30 heavy (non-hydrogen) atoms. The van der Waals surface area contributed by atoms with Crippen LogP contribution < -0.4 is 14.8 Å². The Morgan fingerprint density at radius 2 is 1.70 bits per heavy atom. The number of carbonyl (C=O) groups is 2. The Bertz CT molecular complexity index is 861. The lowest BCUT2D eigenvalue weighted by atomic mass is 9.90. The second-order valence-electron chi connectivity index (χ2n) is 7.73. The van der Waals surface area contributed by atoms with Gasteiger partial charge in [-0.1, -0.05) is 36.4 Å². The van der Waals surface area contributed by atoms with Gasteiger partial charge in [0, 0.05) is 13.1 Å². The minimum absolute atomic E-state index is 0.322. The fourth-order valence-corrected chi connectivity index (χ4v) is 3.90. The third-order valence-electron chi connectivity index (χ3n) is 5.72. The number of amides is 2. The van der Waals surface area contributed by atoms with Crippen molar-refractivity contribution in [3.63, 3.8) is 0 Å². The molecule has 3 rings (SSSR count). The molecule has 0 aromatic heterocycles. The van der Waals surface area contributed by atoms with Gasteiger partial charge in [0.2, 0.25) is 0 Å². The van der Waals surface area contributed by atoms with Gasteiger partial charge in [-0.3, -0.25) is 9.59 Å². The number of benzene rings is 2. The van der Waals surface area contributed by atoms with Crippen molar-refractivity contribution in [1.29, 1.82) is 0 Å². The zero-order chi connectivity index (χ0) is 21.5. The van der Waals surface area contributed by atoms with E-state index in [1.165, 1.54) is 5.56 Å². The van der Waals surface area contributed by atoms with E-state index in [9.17, 15) is 9.59 Å². The lowest BCUT2D eigenvalue weighted by Crippen LogP contribution is -2.47. The zero-order valence-electron chi connectivity index (χ0n) is 17.9. The first kappa shape index (κ1) is 21.7. The summed E-state index contributed by atoms with van der Waals surface area (Å²) >= 11 is 0. The standard InChI is InChI=1S/C24H30N2O4/c1-17(20-9-10-21(29-2)22(16-20)30-3)25-23(27)24(28)26-13-11-19(12-14-26)15-18-7-5-4-6-8-18/h4-10,16-17,19H,11-15H2,1-3H3,(H,25,27). The molecular formula is C24H30N2O4. The van der Waals surface area contributed by atoms with Crippen LogP contribution in [0.25, 0.3) is 0 Å². The Balaban J connectivity index is 1.52. The van der Waals surface area contributed by atoms with E-state index in [1.54, 1.807) is 25.2 Å². The van der Waals surface area contributed by atoms with Crippen molar-refractivity contribution < 1.29 is 19.1 Å². The molecular weight excluding hydrogens is 380 g/mol. The van der Waals surface area contributed by atoms with E-state index in [-0.39, 0.29) is 6.04 Å². The second kappa shape index (κ2) is 10.1. The maximum absolute atomic E-state index is 12.6. The molecule has 1 saturated heterocycles. The molecule has 1 atom stereocenters. The first-order valence-corrected chi connectivity index (χ1v) is 10.4. The summed E-state index contributed by atoms with van der Waals surface area (Å²) in [6.45, 7) is 3.08. The number of hydrogen-bond acceptors (Lipinski definition) is 4. The summed E-state index contributed by atoms with van der Waals surface area (Å²) < 4.78 is 10.6. The smallest absolute Gasteiger partial charge is 0.311 e. The highest BCUT2D eigenvalue weighted by Gasteiger charge is 2.28. The Morgan fingerprint density at radius 3 is 2.33 bits per heavy atom. The number of ether oxygens (including phenoxy) is 2. The Hall–Kier alpha value is -3.02. The van der Waals surface area contributed by atoms with Gasteiger partial charge in [-0.15, -0.1) is 0 Å². The largest absolute Gasteiger partial charge is 0.493 e. The van der Waals surface area contributed by atoms with E-state index in [0.717, 1.165) is 24.8 Å². The lowest BCUT2D eigenvalue weighted by Gasteiger charge is -2.32. The van der Waals surface area contributed by atoms with Gasteiger partial charge in [0.1, 0.15) is 0 Å². The molecule has 1 unspecified atom stereocenters. The molecule has 0 radical (unpaired) electrons. The molecule has 2 aromatic carbocycles. The predicted molar refractivity (Wildman–Crippen MR) is 116 cm³/mol. The number of methoxy groups -OCH3 is 2. The molecule has 6 heteroatoms. The van der Waals surface area contributed by atoms with Crippen molar-refractivity contribution in [2.24, 2.45) is 5.92 Å². The van der Waals surface area contributed by atoms with Crippen molar-refractivity contribution in [3.8, 4) is 11.5 Å². The first-order valence-electron chi connectivity index (χ1n) is 10.4. The fourth-order valence-electron chi connectivity index (χ4n) is 3.90. The molecule has 160 valence electrons. The van der Waals surface area contributed by atoms with Gasteiger partial charge in [-0.25, -0.2) is 0 Å². The Kier molecular flexibility index (Phi) is 7.33. The first-order chi connectivity index (χ1) is 14.5. The van der Waals surface area contributed by atoms with Crippen LogP contribution in [0.4, 0.5) is 0 Å². The van der Waals surface area contributed by atoms with Crippen LogP contribution in [0, 0.1) is 5.92 Å². The highest BCUT2D eigenvalue weighted by Crippen LogP contribution is 2.30. The van der Waals surface area contributed by atoms with Gasteiger partial charge >= 0.3 is 11.8 Å². The van der Waals surface area contributed by atoms with E-state index >= 15 is 0 Å². The summed E-state index contributed by atoms with van der Waals surface area (Å²) in [6.07, 6.45) is 2.85. The van der Waals surface area contributed by atoms with Crippen molar-refractivity contribution >= 4 is 11.8 Å². The van der Waals surface area contributed by atoms with Crippen molar-refractivity contribution in [2.75, 3.05) is 27.3 Å². The fraction of sp³-hybridized carbons (Fsp3) is 0.417. The Labute approximate surface area is 178 Å². The van der Waals surface area contributed by atoms with Crippen LogP contribution in [0.5, 0.6) is 11.5 Å². The van der Waals surface area contributed by atoms with E-state index in [4.69, 9.17) is 9.47 Å². The predicted octanol–water partition coefficient (Wildman–Crippen LogP) is 3.36. The van der Waals surface area contributed by atoms with Crippen LogP contribution >= 0.6 is 0 Å². The number of likely N-dealkylation sites (tertiary alicyclic amines) is 1. The monoisotopic (exact) mass is 410 g/mol. The summed E-state index contributed by atoms with van der Waals surface area (Å²) in [6, 6.07) is 15.5. The molecule has 0 aliphatic carbocycles. The summed E-state index contributed by atoms with van der Waals surface area (Å²) in [4.78, 5) is 26.8. The summed E-state index contributed by atoms with van der Waals surface area (Å²) in [5, 5.41) is 2.81. The van der Waals surface area contributed by atoms with E-state index in [2.05, 4.69) is 29.6 Å². The summed E-state index contributed by atoms with van der Waals surface area (Å²) in [5.41, 5.74) is 2.17. The molecule has 6 nitrogen and oxygen atoms in total. The van der Waals surface area contributed by atoms with Crippen LogP contribution in [0.2, 0.25) is 0 Å². The van der Waals surface area contributed by atoms with Crippen LogP contribution in [0.15, 0.2) is 48.5 Å². The molecule has 0 bridgehead atoms. The van der Waals surface area contributed by atoms with E-state index in [1.807, 2.05) is 25.1 Å². The van der Waals surface area contributed by atoms with Gasteiger partial charge in [0.15, 0.2) is 11.5 Å². The van der Waals surface area contributed by atoms with Crippen molar-refractivity contribution in [3.05, 3.63) is 59.7 Å². The summed E-state index contributed by atoms with van der Waals surface area (Å²) in [5.74, 6) is 0.724. The number of nitrogens with one attached hydrogen (secondary N) is 1. The normalized spacial score (nSPS) is 15.4. The van der Waals surface area contributed by atoms with Gasteiger partial charge in [0.25, 0.3) is 0 Å². The lowest BCUT2D eigenvalue weighted by molar-refractivity contribution is -0.147. The SMILES string of the molecule is COc1ccc(C(C)NC(=O)C(=O)N2CCC(Cc3ccccc3)CC2)cc1OC. The molecule has 2 amide bonds. The zero-order valence-corrected chi connectivity index (χ0v) is 17.9. The second-order valence-corrected chi connectivity index (χ2v) is 7.73. The highest BCUT2D eigenvalue weighted by atomic mass is 16.5. The van der Waals surface area contributed by atoms with Crippen LogP contribution in [-0.2, 0) is 16.0 Å². The van der Waals surface area contributed by atoms with E-state index in [0.29, 0.717) is 30.5 Å². The maximum atomic E-state index is 12.6. The average molecular weight is 411 g/mol. The highest BCUT2D eigenvalue weighted by molar-refractivity contribution is 6.35. The van der Waals surface area contributed by atoms with Crippen molar-refractivity contribution in [1.82, 2.24) is 10.2 Å². The van der Waals surface area contributed by atoms with E-state index < -0.39 is 11.8 Å². The maximum Gasteiger partial charge on any atom is 0.311 e. The van der Waals surface area contributed by atoms with Gasteiger partial charge in [0.05, 0.1) is 20.3 Å². The Morgan fingerprint density at radius 1 is 1.03 bits per heavy atom. The molecule has 2 aromatic rings. The molecule has 1 aliphatic heterocycles. The third kappa shape index (κ3) is 5.32. The molecule has 1 heterocycles.